The second-order valence-corrected chi connectivity index (χ2v) is 9.54. The van der Waals surface area contributed by atoms with Crippen LogP contribution in [0.4, 0.5) is 0 Å². The summed E-state index contributed by atoms with van der Waals surface area (Å²) in [5.41, 5.74) is 4.59. The number of nitrogens with zero attached hydrogens (tertiary/aromatic N) is 2. The molecule has 0 radical (unpaired) electrons. The van der Waals surface area contributed by atoms with Crippen molar-refractivity contribution in [3.63, 3.8) is 0 Å². The Kier molecular flexibility index (Phi) is 5.47. The number of piperazine rings is 1. The van der Waals surface area contributed by atoms with E-state index in [0.29, 0.717) is 12.6 Å². The van der Waals surface area contributed by atoms with Crippen molar-refractivity contribution >= 4 is 11.8 Å². The third kappa shape index (κ3) is 3.88. The van der Waals surface area contributed by atoms with Crippen LogP contribution in [0.5, 0.6) is 0 Å². The first-order valence-electron chi connectivity index (χ1n) is 10.8. The largest absolute Gasteiger partial charge is 0.396 e. The van der Waals surface area contributed by atoms with E-state index in [9.17, 15) is 0 Å². The van der Waals surface area contributed by atoms with Crippen molar-refractivity contribution in [3.8, 4) is 0 Å². The normalized spacial score (nSPS) is 23.1. The van der Waals surface area contributed by atoms with Gasteiger partial charge in [-0.05, 0) is 60.4 Å². The number of aliphatic hydroxyl groups is 1. The molecule has 1 saturated carbocycles. The molecule has 4 heteroatoms. The van der Waals surface area contributed by atoms with Crippen LogP contribution in [-0.4, -0.2) is 54.2 Å². The fourth-order valence-electron chi connectivity index (χ4n) is 4.72. The quantitative estimate of drug-likeness (QED) is 0.817. The molecule has 1 atom stereocenters. The fourth-order valence-corrected chi connectivity index (χ4v) is 5.83. The summed E-state index contributed by atoms with van der Waals surface area (Å²) in [6.07, 6.45) is 4.72. The van der Waals surface area contributed by atoms with Crippen LogP contribution in [-0.2, 0) is 6.42 Å². The number of hydrogen-bond donors (Lipinski definition) is 1. The van der Waals surface area contributed by atoms with Crippen molar-refractivity contribution in [2.75, 3.05) is 39.3 Å². The van der Waals surface area contributed by atoms with Crippen molar-refractivity contribution < 1.29 is 5.11 Å². The van der Waals surface area contributed by atoms with E-state index in [1.54, 1.807) is 11.1 Å². The minimum Gasteiger partial charge on any atom is -0.396 e. The van der Waals surface area contributed by atoms with Crippen molar-refractivity contribution in [1.29, 1.82) is 0 Å². The van der Waals surface area contributed by atoms with E-state index in [2.05, 4.69) is 52.3 Å². The number of aliphatic hydroxyl groups excluding tert-OH is 1. The van der Waals surface area contributed by atoms with E-state index in [1.807, 2.05) is 11.8 Å². The summed E-state index contributed by atoms with van der Waals surface area (Å²) in [6.45, 7) is 5.79. The maximum atomic E-state index is 9.12. The van der Waals surface area contributed by atoms with E-state index in [1.165, 1.54) is 28.2 Å². The lowest BCUT2D eigenvalue weighted by Gasteiger charge is -2.39. The van der Waals surface area contributed by atoms with Gasteiger partial charge in [0.1, 0.15) is 0 Å². The minimum atomic E-state index is 0.300. The van der Waals surface area contributed by atoms with Gasteiger partial charge in [-0.25, -0.2) is 0 Å². The zero-order chi connectivity index (χ0) is 18.9. The smallest absolute Gasteiger partial charge is 0.0443 e. The highest BCUT2D eigenvalue weighted by molar-refractivity contribution is 7.99. The summed E-state index contributed by atoms with van der Waals surface area (Å²) in [4.78, 5) is 8.09. The molecule has 148 valence electrons. The van der Waals surface area contributed by atoms with Crippen LogP contribution in [0.3, 0.4) is 0 Å². The summed E-state index contributed by atoms with van der Waals surface area (Å²) in [7, 11) is 0. The Morgan fingerprint density at radius 2 is 1.79 bits per heavy atom. The van der Waals surface area contributed by atoms with Gasteiger partial charge in [0.25, 0.3) is 0 Å². The van der Waals surface area contributed by atoms with Gasteiger partial charge in [-0.3, -0.25) is 4.90 Å². The van der Waals surface area contributed by atoms with Crippen LogP contribution in [0.2, 0.25) is 0 Å². The summed E-state index contributed by atoms with van der Waals surface area (Å²) >= 11 is 1.96. The van der Waals surface area contributed by atoms with Crippen LogP contribution in [0.1, 0.15) is 47.9 Å². The Labute approximate surface area is 172 Å². The molecule has 2 aromatic carbocycles. The number of benzene rings is 2. The molecule has 1 aliphatic carbocycles. The molecule has 5 rings (SSSR count). The lowest BCUT2D eigenvalue weighted by atomic mass is 9.94. The maximum absolute atomic E-state index is 9.12. The standard InChI is InChI=1S/C24H30N2OS/c27-15-3-10-25-11-13-26(14-12-25)22-17-20-4-1-2-5-23(20)28-24-9-8-19(16-21(22)24)18-6-7-18/h1-2,4-5,8-9,16,18,22,27H,3,6-7,10-15,17H2. The number of fused-ring (bicyclic) bond motifs is 2. The topological polar surface area (TPSA) is 26.7 Å². The molecule has 2 heterocycles. The minimum absolute atomic E-state index is 0.300. The zero-order valence-electron chi connectivity index (χ0n) is 16.5. The van der Waals surface area contributed by atoms with E-state index < -0.39 is 0 Å². The van der Waals surface area contributed by atoms with E-state index >= 15 is 0 Å². The molecular formula is C24H30N2OS. The third-order valence-corrected chi connectivity index (χ3v) is 7.74. The summed E-state index contributed by atoms with van der Waals surface area (Å²) in [6, 6.07) is 16.7. The van der Waals surface area contributed by atoms with Crippen LogP contribution in [0, 0.1) is 0 Å². The van der Waals surface area contributed by atoms with Gasteiger partial charge in [-0.15, -0.1) is 0 Å². The molecule has 1 saturated heterocycles. The molecule has 0 bridgehead atoms. The molecule has 2 aliphatic heterocycles. The van der Waals surface area contributed by atoms with E-state index in [-0.39, 0.29) is 0 Å². The molecule has 3 nitrogen and oxygen atoms in total. The van der Waals surface area contributed by atoms with Gasteiger partial charge in [0, 0.05) is 55.2 Å². The van der Waals surface area contributed by atoms with Gasteiger partial charge in [0.05, 0.1) is 0 Å². The zero-order valence-corrected chi connectivity index (χ0v) is 17.3. The van der Waals surface area contributed by atoms with Crippen molar-refractivity contribution in [2.45, 2.75) is 47.4 Å². The van der Waals surface area contributed by atoms with Crippen LogP contribution < -0.4 is 0 Å². The molecular weight excluding hydrogens is 364 g/mol. The van der Waals surface area contributed by atoms with E-state index in [4.69, 9.17) is 5.11 Å². The SMILES string of the molecule is OCCCN1CCN(C2Cc3ccccc3Sc3ccc(C4CC4)cc32)CC1. The van der Waals surface area contributed by atoms with Gasteiger partial charge in [0.2, 0.25) is 0 Å². The summed E-state index contributed by atoms with van der Waals surface area (Å²) in [5, 5.41) is 9.12. The molecule has 2 aromatic rings. The van der Waals surface area contributed by atoms with Crippen molar-refractivity contribution in [1.82, 2.24) is 9.80 Å². The first kappa shape index (κ1) is 18.7. The summed E-state index contributed by atoms with van der Waals surface area (Å²) < 4.78 is 0. The lowest BCUT2D eigenvalue weighted by Crippen LogP contribution is -2.48. The van der Waals surface area contributed by atoms with Crippen LogP contribution in [0.25, 0.3) is 0 Å². The Hall–Kier alpha value is -1.33. The van der Waals surface area contributed by atoms with Gasteiger partial charge < -0.3 is 10.0 Å². The molecule has 0 aromatic heterocycles. The first-order valence-corrected chi connectivity index (χ1v) is 11.6. The Balaban J connectivity index is 1.43. The Morgan fingerprint density at radius 3 is 2.57 bits per heavy atom. The third-order valence-electron chi connectivity index (χ3n) is 6.53. The molecule has 28 heavy (non-hydrogen) atoms. The average molecular weight is 395 g/mol. The lowest BCUT2D eigenvalue weighted by molar-refractivity contribution is 0.0899. The van der Waals surface area contributed by atoms with Crippen LogP contribution >= 0.6 is 11.8 Å². The number of rotatable bonds is 5. The first-order chi connectivity index (χ1) is 13.8. The van der Waals surface area contributed by atoms with Gasteiger partial charge >= 0.3 is 0 Å². The highest BCUT2D eigenvalue weighted by atomic mass is 32.2. The molecule has 1 unspecified atom stereocenters. The average Bonchev–Trinajstić information content (AvgIpc) is 3.58. The van der Waals surface area contributed by atoms with E-state index in [0.717, 1.165) is 51.5 Å². The summed E-state index contributed by atoms with van der Waals surface area (Å²) in [5.74, 6) is 0.803. The fraction of sp³-hybridized carbons (Fsp3) is 0.500. The Morgan fingerprint density at radius 1 is 0.964 bits per heavy atom. The highest BCUT2D eigenvalue weighted by Gasteiger charge is 2.31. The molecule has 3 aliphatic rings. The highest BCUT2D eigenvalue weighted by Crippen LogP contribution is 2.46. The van der Waals surface area contributed by atoms with Crippen molar-refractivity contribution in [3.05, 3.63) is 59.2 Å². The van der Waals surface area contributed by atoms with Crippen molar-refractivity contribution in [2.24, 2.45) is 0 Å². The molecule has 0 spiro atoms. The predicted octanol–water partition coefficient (Wildman–Crippen LogP) is 4.31. The van der Waals surface area contributed by atoms with Gasteiger partial charge in [-0.1, -0.05) is 42.1 Å². The second kappa shape index (κ2) is 8.19. The number of hydrogen-bond acceptors (Lipinski definition) is 4. The molecule has 0 amide bonds. The predicted molar refractivity (Wildman–Crippen MR) is 115 cm³/mol. The van der Waals surface area contributed by atoms with Gasteiger partial charge in [-0.2, -0.15) is 0 Å². The molecule has 1 N–H and O–H groups in total. The van der Waals surface area contributed by atoms with Gasteiger partial charge in [0.15, 0.2) is 0 Å². The Bertz CT molecular complexity index is 827. The second-order valence-electron chi connectivity index (χ2n) is 8.46. The maximum Gasteiger partial charge on any atom is 0.0443 e. The molecule has 2 fully saturated rings. The monoisotopic (exact) mass is 394 g/mol. The van der Waals surface area contributed by atoms with Crippen LogP contribution in [0.15, 0.2) is 52.3 Å².